The van der Waals surface area contributed by atoms with Gasteiger partial charge >= 0.3 is 11.9 Å². The molecule has 0 saturated carbocycles. The van der Waals surface area contributed by atoms with Crippen molar-refractivity contribution in [2.75, 3.05) is 18.5 Å². The lowest BCUT2D eigenvalue weighted by atomic mass is 9.78. The number of anilines is 2. The van der Waals surface area contributed by atoms with Gasteiger partial charge in [-0.2, -0.15) is 0 Å². The maximum absolute atomic E-state index is 12.8. The Hall–Kier alpha value is -2.45. The molecule has 1 aromatic carbocycles. The van der Waals surface area contributed by atoms with Crippen molar-refractivity contribution in [2.24, 2.45) is 5.41 Å². The van der Waals surface area contributed by atoms with Gasteiger partial charge in [0.05, 0.1) is 12.3 Å². The molecular weight excluding hydrogens is 404 g/mol. The molecule has 30 heavy (non-hydrogen) atoms. The van der Waals surface area contributed by atoms with E-state index in [4.69, 9.17) is 14.2 Å². The second-order valence-electron chi connectivity index (χ2n) is 8.21. The van der Waals surface area contributed by atoms with Crippen LogP contribution in [0, 0.1) is 12.3 Å². The molecule has 0 radical (unpaired) electrons. The van der Waals surface area contributed by atoms with Crippen LogP contribution in [0.15, 0.2) is 29.6 Å². The van der Waals surface area contributed by atoms with E-state index in [1.54, 1.807) is 6.92 Å². The molecule has 2 saturated heterocycles. The number of carbonyl (C=O) groups is 2. The number of thiazole rings is 1. The van der Waals surface area contributed by atoms with Gasteiger partial charge in [0, 0.05) is 30.5 Å². The first-order valence-corrected chi connectivity index (χ1v) is 11.0. The topological polar surface area (TPSA) is 86.8 Å². The van der Waals surface area contributed by atoms with Crippen molar-refractivity contribution < 1.29 is 23.8 Å². The third-order valence-corrected chi connectivity index (χ3v) is 6.35. The summed E-state index contributed by atoms with van der Waals surface area (Å²) in [6.07, 6.45) is 0.959. The van der Waals surface area contributed by atoms with Crippen LogP contribution in [0.4, 0.5) is 10.8 Å². The van der Waals surface area contributed by atoms with Crippen LogP contribution >= 0.6 is 11.3 Å². The molecule has 0 bridgehead atoms. The van der Waals surface area contributed by atoms with Crippen molar-refractivity contribution in [2.45, 2.75) is 51.7 Å². The average molecular weight is 431 g/mol. The van der Waals surface area contributed by atoms with Gasteiger partial charge in [0.15, 0.2) is 16.1 Å². The lowest BCUT2D eigenvalue weighted by molar-refractivity contribution is -0.160. The summed E-state index contributed by atoms with van der Waals surface area (Å²) >= 11 is 1.43. The normalized spacial score (nSPS) is 28.0. The Bertz CT molecular complexity index is 943. The van der Waals surface area contributed by atoms with Crippen LogP contribution < -0.4 is 5.32 Å². The standard InChI is InChI=1S/C22H26N2O5S/c1-4-9-27-11-16-10-22(18(25)28-16)13-21(3,29-19(22)26)17-12-30-20(24-17)23-15-7-5-14(2)6-8-15/h5-8,12,16H,4,9-11,13H2,1-3H3,(H,23,24)/t16-,21-,22-/m1/s1. The molecule has 1 aromatic heterocycles. The van der Waals surface area contributed by atoms with Crippen LogP contribution in [0.25, 0.3) is 0 Å². The zero-order valence-electron chi connectivity index (χ0n) is 17.4. The number of esters is 2. The molecule has 3 atom stereocenters. The second-order valence-corrected chi connectivity index (χ2v) is 9.07. The van der Waals surface area contributed by atoms with E-state index in [0.29, 0.717) is 24.0 Å². The first-order chi connectivity index (χ1) is 14.3. The SMILES string of the molecule is CCCOC[C@H]1C[C@@]2(C[C@](C)(c3csc(Nc4ccc(C)cc4)n3)OC2=O)C(=O)O1. The van der Waals surface area contributed by atoms with Gasteiger partial charge in [-0.05, 0) is 32.4 Å². The number of ether oxygens (including phenoxy) is 3. The van der Waals surface area contributed by atoms with Gasteiger partial charge in [0.1, 0.15) is 6.10 Å². The van der Waals surface area contributed by atoms with Crippen LogP contribution in [-0.4, -0.2) is 36.2 Å². The first-order valence-electron chi connectivity index (χ1n) is 10.2. The molecule has 2 aliphatic heterocycles. The number of rotatable bonds is 7. The number of aryl methyl sites for hydroxylation is 1. The maximum Gasteiger partial charge on any atom is 0.324 e. The van der Waals surface area contributed by atoms with Crippen molar-refractivity contribution >= 4 is 34.1 Å². The number of carbonyl (C=O) groups excluding carboxylic acids is 2. The van der Waals surface area contributed by atoms with Gasteiger partial charge in [0.2, 0.25) is 0 Å². The zero-order chi connectivity index (χ0) is 21.4. The van der Waals surface area contributed by atoms with Crippen LogP contribution in [0.3, 0.4) is 0 Å². The first kappa shape index (κ1) is 20.8. The lowest BCUT2D eigenvalue weighted by Gasteiger charge is -2.20. The molecule has 0 amide bonds. The van der Waals surface area contributed by atoms with E-state index in [-0.39, 0.29) is 12.8 Å². The number of hydrogen-bond acceptors (Lipinski definition) is 8. The van der Waals surface area contributed by atoms with Crippen LogP contribution in [0.1, 0.15) is 44.4 Å². The van der Waals surface area contributed by atoms with Gasteiger partial charge in [-0.15, -0.1) is 11.3 Å². The Morgan fingerprint density at radius 3 is 2.77 bits per heavy atom. The number of hydrogen-bond donors (Lipinski definition) is 1. The second kappa shape index (κ2) is 8.00. The highest BCUT2D eigenvalue weighted by atomic mass is 32.1. The van der Waals surface area contributed by atoms with Crippen molar-refractivity contribution in [3.63, 3.8) is 0 Å². The van der Waals surface area contributed by atoms with Crippen LogP contribution in [0.2, 0.25) is 0 Å². The molecule has 2 aliphatic rings. The van der Waals surface area contributed by atoms with Crippen molar-refractivity contribution in [3.05, 3.63) is 40.9 Å². The molecule has 160 valence electrons. The number of nitrogens with zero attached hydrogens (tertiary/aromatic N) is 1. The van der Waals surface area contributed by atoms with E-state index in [0.717, 1.165) is 12.1 Å². The summed E-state index contributed by atoms with van der Waals surface area (Å²) in [5, 5.41) is 5.83. The Balaban J connectivity index is 1.48. The molecule has 2 aromatic rings. The van der Waals surface area contributed by atoms with Crippen molar-refractivity contribution in [1.29, 1.82) is 0 Å². The third-order valence-electron chi connectivity index (χ3n) is 5.59. The molecule has 2 fully saturated rings. The van der Waals surface area contributed by atoms with Crippen LogP contribution in [-0.2, 0) is 29.4 Å². The molecule has 3 heterocycles. The molecule has 0 aliphatic carbocycles. The van der Waals surface area contributed by atoms with Crippen LogP contribution in [0.5, 0.6) is 0 Å². The minimum atomic E-state index is -1.27. The minimum absolute atomic E-state index is 0.218. The predicted molar refractivity (Wildman–Crippen MR) is 113 cm³/mol. The highest BCUT2D eigenvalue weighted by Crippen LogP contribution is 2.52. The van der Waals surface area contributed by atoms with E-state index in [1.165, 1.54) is 16.9 Å². The van der Waals surface area contributed by atoms with E-state index in [1.807, 2.05) is 43.5 Å². The summed E-state index contributed by atoms with van der Waals surface area (Å²) in [7, 11) is 0. The quantitative estimate of drug-likeness (QED) is 0.402. The number of benzene rings is 1. The van der Waals surface area contributed by atoms with Gasteiger partial charge in [-0.3, -0.25) is 9.59 Å². The fourth-order valence-corrected chi connectivity index (χ4v) is 4.86. The van der Waals surface area contributed by atoms with Gasteiger partial charge in [0.25, 0.3) is 0 Å². The van der Waals surface area contributed by atoms with E-state index in [2.05, 4.69) is 10.3 Å². The summed E-state index contributed by atoms with van der Waals surface area (Å²) in [5.41, 5.74) is 0.492. The molecule has 4 rings (SSSR count). The Morgan fingerprint density at radius 1 is 1.27 bits per heavy atom. The average Bonchev–Trinajstić information content (AvgIpc) is 3.36. The fraction of sp³-hybridized carbons (Fsp3) is 0.500. The summed E-state index contributed by atoms with van der Waals surface area (Å²) in [5.74, 6) is -1.05. The Labute approximate surface area is 179 Å². The smallest absolute Gasteiger partial charge is 0.324 e. The third kappa shape index (κ3) is 3.81. The summed E-state index contributed by atoms with van der Waals surface area (Å²) in [6, 6.07) is 8.01. The summed E-state index contributed by atoms with van der Waals surface area (Å²) in [6.45, 7) is 6.74. The van der Waals surface area contributed by atoms with Gasteiger partial charge in [-0.1, -0.05) is 24.6 Å². The minimum Gasteiger partial charge on any atom is -0.459 e. The van der Waals surface area contributed by atoms with Gasteiger partial charge < -0.3 is 19.5 Å². The number of cyclic esters (lactones) is 2. The van der Waals surface area contributed by atoms with Gasteiger partial charge in [-0.25, -0.2) is 4.98 Å². The maximum atomic E-state index is 12.8. The summed E-state index contributed by atoms with van der Waals surface area (Å²) in [4.78, 5) is 30.1. The largest absolute Gasteiger partial charge is 0.459 e. The van der Waals surface area contributed by atoms with Crippen molar-refractivity contribution in [1.82, 2.24) is 4.98 Å². The highest BCUT2D eigenvalue weighted by Gasteiger charge is 2.65. The monoisotopic (exact) mass is 430 g/mol. The number of aromatic nitrogens is 1. The highest BCUT2D eigenvalue weighted by molar-refractivity contribution is 7.13. The molecule has 0 unspecified atom stereocenters. The Morgan fingerprint density at radius 2 is 2.03 bits per heavy atom. The van der Waals surface area contributed by atoms with E-state index >= 15 is 0 Å². The zero-order valence-corrected chi connectivity index (χ0v) is 18.2. The summed E-state index contributed by atoms with van der Waals surface area (Å²) < 4.78 is 16.7. The molecule has 1 spiro atoms. The molecule has 1 N–H and O–H groups in total. The fourth-order valence-electron chi connectivity index (χ4n) is 4.00. The lowest BCUT2D eigenvalue weighted by Crippen LogP contribution is -2.32. The molecule has 8 heteroatoms. The molecular formula is C22H26N2O5S. The Kier molecular flexibility index (Phi) is 5.55. The van der Waals surface area contributed by atoms with Crippen molar-refractivity contribution in [3.8, 4) is 0 Å². The van der Waals surface area contributed by atoms with E-state index in [9.17, 15) is 9.59 Å². The van der Waals surface area contributed by atoms with E-state index < -0.39 is 29.1 Å². The number of nitrogens with one attached hydrogen (secondary N) is 1. The predicted octanol–water partition coefficient (Wildman–Crippen LogP) is 4.09. The molecule has 7 nitrogen and oxygen atoms in total.